The molecule has 2 aliphatic rings. The Hall–Kier alpha value is -4.22. The minimum absolute atomic E-state index is 0.0857. The first-order valence-electron chi connectivity index (χ1n) is 16.0. The monoisotopic (exact) mass is 688 g/mol. The molecular weight excluding hydrogens is 651 g/mol. The smallest absolute Gasteiger partial charge is 0.237 e. The van der Waals surface area contributed by atoms with Crippen molar-refractivity contribution in [3.8, 4) is 45.1 Å². The van der Waals surface area contributed by atoms with Crippen molar-refractivity contribution in [2.75, 3.05) is 27.3 Å². The number of halogens is 2. The number of hydrogen-bond donors (Lipinski definition) is 4. The van der Waals surface area contributed by atoms with E-state index in [0.29, 0.717) is 71.9 Å². The molecule has 2 aliphatic heterocycles. The summed E-state index contributed by atoms with van der Waals surface area (Å²) in [6, 6.07) is 17.9. The van der Waals surface area contributed by atoms with Crippen molar-refractivity contribution in [2.45, 2.75) is 50.9 Å². The SMILES string of the molecule is COc1cc(-c2cccc(-c3cccc(-c4cnc(CNC[C@@H]5CCC(=O)N5)c(OC)n4)c3Cl)c2Cl)ccc1CNC[C@@H]1CCC(=O)N1. The minimum Gasteiger partial charge on any atom is -0.496 e. The van der Waals surface area contributed by atoms with Gasteiger partial charge in [-0.3, -0.25) is 14.6 Å². The van der Waals surface area contributed by atoms with Crippen molar-refractivity contribution in [3.05, 3.63) is 82.1 Å². The summed E-state index contributed by atoms with van der Waals surface area (Å²) < 4.78 is 11.3. The molecule has 0 radical (unpaired) electrons. The van der Waals surface area contributed by atoms with Crippen LogP contribution in [0.3, 0.4) is 0 Å². The molecule has 10 nitrogen and oxygen atoms in total. The van der Waals surface area contributed by atoms with Crippen molar-refractivity contribution in [1.29, 1.82) is 0 Å². The van der Waals surface area contributed by atoms with Crippen LogP contribution in [0.15, 0.2) is 60.8 Å². The average Bonchev–Trinajstić information content (AvgIpc) is 3.72. The highest BCUT2D eigenvalue weighted by molar-refractivity contribution is 6.39. The summed E-state index contributed by atoms with van der Waals surface area (Å²) in [5.41, 5.74) is 6.24. The van der Waals surface area contributed by atoms with E-state index in [1.165, 1.54) is 0 Å². The van der Waals surface area contributed by atoms with Gasteiger partial charge in [0, 0.05) is 78.9 Å². The van der Waals surface area contributed by atoms with Gasteiger partial charge in [0.25, 0.3) is 0 Å². The fourth-order valence-electron chi connectivity index (χ4n) is 6.18. The number of benzene rings is 3. The van der Waals surface area contributed by atoms with E-state index in [9.17, 15) is 9.59 Å². The number of hydrogen-bond acceptors (Lipinski definition) is 8. The van der Waals surface area contributed by atoms with Gasteiger partial charge in [-0.05, 0) is 24.5 Å². The molecular formula is C36H38Cl2N6O4. The molecule has 12 heteroatoms. The number of aromatic nitrogens is 2. The van der Waals surface area contributed by atoms with Gasteiger partial charge in [0.05, 0.1) is 36.2 Å². The van der Waals surface area contributed by atoms with Crippen molar-refractivity contribution < 1.29 is 19.1 Å². The number of methoxy groups -OCH3 is 2. The Kier molecular flexibility index (Phi) is 10.8. The number of rotatable bonds is 13. The van der Waals surface area contributed by atoms with Crippen molar-refractivity contribution in [1.82, 2.24) is 31.2 Å². The standard InChI is InChI=1S/C36H38Cl2N6O4/c1-47-31-15-21(9-10-22(31)16-39-17-23-11-13-32(45)42-23)25-5-3-6-26(34(25)37)27-7-4-8-28(35(27)38)29-20-41-30(36(44-29)48-2)19-40-18-24-12-14-33(46)43-24/h3-10,15,20,23-24,39-40H,11-14,16-19H2,1-2H3,(H,42,45)(H,43,46)/t23-,24-/m0/s1. The second kappa shape index (κ2) is 15.3. The lowest BCUT2D eigenvalue weighted by Crippen LogP contribution is -2.35. The molecule has 0 spiro atoms. The molecule has 48 heavy (non-hydrogen) atoms. The van der Waals surface area contributed by atoms with Crippen LogP contribution in [0, 0.1) is 0 Å². The van der Waals surface area contributed by atoms with Crippen LogP contribution in [0.5, 0.6) is 11.6 Å². The third-order valence-electron chi connectivity index (χ3n) is 8.73. The quantitative estimate of drug-likeness (QED) is 0.144. The van der Waals surface area contributed by atoms with E-state index in [2.05, 4.69) is 26.3 Å². The summed E-state index contributed by atoms with van der Waals surface area (Å²) in [4.78, 5) is 32.4. The Labute approximate surface area is 289 Å². The van der Waals surface area contributed by atoms with Gasteiger partial charge >= 0.3 is 0 Å². The van der Waals surface area contributed by atoms with Crippen LogP contribution in [0.25, 0.3) is 33.5 Å². The van der Waals surface area contributed by atoms with E-state index < -0.39 is 0 Å². The lowest BCUT2D eigenvalue weighted by Gasteiger charge is -2.16. The Morgan fingerprint density at radius 1 is 0.792 bits per heavy atom. The number of carbonyl (C=O) groups is 2. The summed E-state index contributed by atoms with van der Waals surface area (Å²) in [6.45, 7) is 2.40. The predicted octanol–water partition coefficient (Wildman–Crippen LogP) is 5.54. The van der Waals surface area contributed by atoms with Gasteiger partial charge in [0.1, 0.15) is 11.4 Å². The normalized spacial score (nSPS) is 17.3. The van der Waals surface area contributed by atoms with Gasteiger partial charge in [-0.15, -0.1) is 0 Å². The first kappa shape index (κ1) is 33.7. The maximum Gasteiger partial charge on any atom is 0.237 e. The molecule has 0 unspecified atom stereocenters. The van der Waals surface area contributed by atoms with Crippen molar-refractivity contribution in [3.63, 3.8) is 0 Å². The van der Waals surface area contributed by atoms with E-state index in [4.69, 9.17) is 37.7 Å². The molecule has 2 saturated heterocycles. The second-order valence-corrected chi connectivity index (χ2v) is 12.7. The topological polar surface area (TPSA) is 126 Å². The van der Waals surface area contributed by atoms with Crippen LogP contribution in [0.4, 0.5) is 0 Å². The lowest BCUT2D eigenvalue weighted by molar-refractivity contribution is -0.120. The Bertz CT molecular complexity index is 1690. The molecule has 6 rings (SSSR count). The van der Waals surface area contributed by atoms with Gasteiger partial charge in [0.15, 0.2) is 0 Å². The summed E-state index contributed by atoms with van der Waals surface area (Å²) in [5.74, 6) is 1.34. The molecule has 2 fully saturated rings. The number of ether oxygens (including phenoxy) is 2. The fraction of sp³-hybridized carbons (Fsp3) is 0.333. The number of carbonyl (C=O) groups excluding carboxylic acids is 2. The van der Waals surface area contributed by atoms with E-state index >= 15 is 0 Å². The first-order valence-corrected chi connectivity index (χ1v) is 16.7. The average molecular weight is 690 g/mol. The van der Waals surface area contributed by atoms with Crippen LogP contribution < -0.4 is 30.7 Å². The molecule has 3 heterocycles. The molecule has 0 saturated carbocycles. The minimum atomic E-state index is 0.0857. The number of nitrogens with zero attached hydrogens (tertiary/aromatic N) is 2. The Balaban J connectivity index is 1.20. The highest BCUT2D eigenvalue weighted by Crippen LogP contribution is 2.43. The van der Waals surface area contributed by atoms with E-state index in [1.807, 2.05) is 54.6 Å². The zero-order chi connectivity index (χ0) is 33.6. The molecule has 250 valence electrons. The fourth-order valence-corrected chi connectivity index (χ4v) is 6.84. The maximum absolute atomic E-state index is 11.5. The lowest BCUT2D eigenvalue weighted by atomic mass is 9.96. The van der Waals surface area contributed by atoms with E-state index in [0.717, 1.165) is 46.4 Å². The van der Waals surface area contributed by atoms with Crippen LogP contribution in [-0.4, -0.2) is 61.2 Å². The predicted molar refractivity (Wildman–Crippen MR) is 187 cm³/mol. The van der Waals surface area contributed by atoms with Crippen LogP contribution in [0.2, 0.25) is 10.0 Å². The largest absolute Gasteiger partial charge is 0.496 e. The molecule has 0 bridgehead atoms. The summed E-state index contributed by atoms with van der Waals surface area (Å²) in [7, 11) is 3.22. The van der Waals surface area contributed by atoms with Crippen molar-refractivity contribution >= 4 is 35.0 Å². The zero-order valence-electron chi connectivity index (χ0n) is 26.9. The molecule has 4 aromatic rings. The molecule has 1 aromatic heterocycles. The van der Waals surface area contributed by atoms with E-state index in [-0.39, 0.29) is 23.9 Å². The second-order valence-electron chi connectivity index (χ2n) is 11.9. The number of amides is 2. The van der Waals surface area contributed by atoms with Crippen LogP contribution in [-0.2, 0) is 22.7 Å². The van der Waals surface area contributed by atoms with Crippen LogP contribution >= 0.6 is 23.2 Å². The maximum atomic E-state index is 11.5. The van der Waals surface area contributed by atoms with E-state index in [1.54, 1.807) is 20.4 Å². The third-order valence-corrected chi connectivity index (χ3v) is 9.54. The summed E-state index contributed by atoms with van der Waals surface area (Å²) in [5, 5.41) is 13.8. The molecule has 2 amide bonds. The first-order chi connectivity index (χ1) is 23.3. The summed E-state index contributed by atoms with van der Waals surface area (Å²) >= 11 is 14.2. The molecule has 4 N–H and O–H groups in total. The van der Waals surface area contributed by atoms with Gasteiger partial charge in [-0.2, -0.15) is 0 Å². The molecule has 0 aliphatic carbocycles. The van der Waals surface area contributed by atoms with Crippen molar-refractivity contribution in [2.24, 2.45) is 0 Å². The van der Waals surface area contributed by atoms with Gasteiger partial charge in [0.2, 0.25) is 17.7 Å². The van der Waals surface area contributed by atoms with Gasteiger partial charge in [-0.25, -0.2) is 4.98 Å². The zero-order valence-corrected chi connectivity index (χ0v) is 28.4. The highest BCUT2D eigenvalue weighted by Gasteiger charge is 2.22. The number of nitrogens with one attached hydrogen (secondary N) is 4. The Morgan fingerprint density at radius 3 is 2.00 bits per heavy atom. The van der Waals surface area contributed by atoms with Gasteiger partial charge in [-0.1, -0.05) is 71.7 Å². The summed E-state index contributed by atoms with van der Waals surface area (Å²) in [6.07, 6.45) is 4.49. The van der Waals surface area contributed by atoms with Crippen LogP contribution in [0.1, 0.15) is 36.9 Å². The third kappa shape index (κ3) is 7.57. The Morgan fingerprint density at radius 2 is 1.40 bits per heavy atom. The molecule has 3 aromatic carbocycles. The van der Waals surface area contributed by atoms with Gasteiger partial charge < -0.3 is 30.7 Å². The molecule has 2 atom stereocenters. The highest BCUT2D eigenvalue weighted by atomic mass is 35.5.